The van der Waals surface area contributed by atoms with Crippen LogP contribution in [0.1, 0.15) is 56.3 Å². The largest absolute Gasteiger partial charge is 0.454 e. The van der Waals surface area contributed by atoms with Crippen LogP contribution in [-0.2, 0) is 24.4 Å². The summed E-state index contributed by atoms with van der Waals surface area (Å²) in [6, 6.07) is 4.62. The first-order valence-electron chi connectivity index (χ1n) is 12.8. The molecule has 0 amide bonds. The number of ketones is 2. The first-order chi connectivity index (χ1) is 17.7. The molecule has 1 aromatic rings. The molecule has 39 heavy (non-hydrogen) atoms. The van der Waals surface area contributed by atoms with Crippen LogP contribution < -0.4 is 0 Å². The summed E-state index contributed by atoms with van der Waals surface area (Å²) in [5.74, 6) is -1.83. The summed E-state index contributed by atoms with van der Waals surface area (Å²) in [6.45, 7) is 3.16. The second kappa shape index (κ2) is 10.3. The van der Waals surface area contributed by atoms with E-state index in [2.05, 4.69) is 0 Å². The number of aliphatic hydroxyl groups excluding tert-OH is 1. The predicted molar refractivity (Wildman–Crippen MR) is 140 cm³/mol. The maximum absolute atomic E-state index is 13.4. The Morgan fingerprint density at radius 3 is 2.59 bits per heavy atom. The van der Waals surface area contributed by atoms with E-state index in [9.17, 15) is 37.6 Å². The minimum absolute atomic E-state index is 0. The predicted octanol–water partition coefficient (Wildman–Crippen LogP) is 2.29. The number of fused-ring (bicyclic) bond motifs is 5. The fraction of sp³-hybridized carbons (Fsp3) is 0.536. The Kier molecular flexibility index (Phi) is 8.01. The van der Waals surface area contributed by atoms with Crippen LogP contribution in [0.3, 0.4) is 0 Å². The maximum atomic E-state index is 13.4. The Morgan fingerprint density at radius 1 is 1.18 bits per heavy atom. The number of esters is 1. The van der Waals surface area contributed by atoms with Gasteiger partial charge in [0.1, 0.15) is 5.60 Å². The molecule has 3 fully saturated rings. The van der Waals surface area contributed by atoms with Crippen molar-refractivity contribution in [1.29, 1.82) is 0 Å². The number of Topliss-reactive ketones (excluding diaryl/α,β-unsaturated/α-hetero) is 1. The van der Waals surface area contributed by atoms with Gasteiger partial charge in [-0.1, -0.05) is 31.6 Å². The van der Waals surface area contributed by atoms with Crippen LogP contribution in [0.2, 0.25) is 0 Å². The molecule has 0 bridgehead atoms. The molecule has 3 N–H and O–H groups in total. The summed E-state index contributed by atoms with van der Waals surface area (Å²) in [5.41, 5.74) is -2.36. The quantitative estimate of drug-likeness (QED) is 0.276. The van der Waals surface area contributed by atoms with E-state index in [4.69, 9.17) is 4.74 Å². The molecule has 0 aliphatic heterocycles. The van der Waals surface area contributed by atoms with Gasteiger partial charge in [0.25, 0.3) is 10.1 Å². The Labute approximate surface area is 249 Å². The molecule has 9 nitrogen and oxygen atoms in total. The van der Waals surface area contributed by atoms with Gasteiger partial charge in [-0.15, -0.1) is 0 Å². The second-order valence-electron chi connectivity index (χ2n) is 11.6. The Balaban J connectivity index is 0.00000353. The Hall–Kier alpha value is -1.66. The summed E-state index contributed by atoms with van der Waals surface area (Å²) in [4.78, 5) is 37.4. The number of rotatable bonds is 5. The monoisotopic (exact) mass is 567 g/mol. The van der Waals surface area contributed by atoms with Gasteiger partial charge in [-0.25, -0.2) is 4.79 Å². The van der Waals surface area contributed by atoms with Crippen molar-refractivity contribution in [2.24, 2.45) is 28.6 Å². The molecule has 4 aliphatic rings. The van der Waals surface area contributed by atoms with E-state index in [-0.39, 0.29) is 71.5 Å². The number of carbonyl (C=O) groups is 3. The Bertz CT molecular complexity index is 1380. The van der Waals surface area contributed by atoms with Crippen molar-refractivity contribution in [2.45, 2.75) is 62.6 Å². The van der Waals surface area contributed by atoms with Gasteiger partial charge in [0, 0.05) is 46.3 Å². The first kappa shape index (κ1) is 30.3. The smallest absolute Gasteiger partial charge is 0.338 e. The van der Waals surface area contributed by atoms with E-state index < -0.39 is 55.9 Å². The molecular formula is C28H32NaO9S. The van der Waals surface area contributed by atoms with Crippen molar-refractivity contribution >= 4 is 57.2 Å². The number of hydrogen-bond donors (Lipinski definition) is 3. The molecule has 0 heterocycles. The molecule has 11 heteroatoms. The van der Waals surface area contributed by atoms with Crippen molar-refractivity contribution < 1.29 is 42.3 Å². The molecular weight excluding hydrogens is 535 g/mol. The molecule has 1 radical (unpaired) electrons. The van der Waals surface area contributed by atoms with Gasteiger partial charge in [0.15, 0.2) is 12.4 Å². The molecule has 3 saturated carbocycles. The van der Waals surface area contributed by atoms with Gasteiger partial charge in [0.2, 0.25) is 5.78 Å². The topological polar surface area (TPSA) is 155 Å². The number of carbonyl (C=O) groups excluding carboxylic acids is 3. The molecule has 0 aromatic heterocycles. The summed E-state index contributed by atoms with van der Waals surface area (Å²) in [5, 5.41) is 23.2. The maximum Gasteiger partial charge on any atom is 0.338 e. The van der Waals surface area contributed by atoms with Gasteiger partial charge >= 0.3 is 5.97 Å². The summed E-state index contributed by atoms with van der Waals surface area (Å²) in [6.07, 6.45) is 6.71. The van der Waals surface area contributed by atoms with E-state index in [1.165, 1.54) is 12.1 Å². The fourth-order valence-corrected chi connectivity index (χ4v) is 8.43. The summed E-state index contributed by atoms with van der Waals surface area (Å²) >= 11 is 0. The number of aliphatic hydroxyl groups is 2. The molecule has 4 aliphatic carbocycles. The Morgan fingerprint density at radius 2 is 1.90 bits per heavy atom. The minimum Gasteiger partial charge on any atom is -0.454 e. The number of allylic oxidation sites excluding steroid dienone is 4. The van der Waals surface area contributed by atoms with Crippen molar-refractivity contribution in [2.75, 3.05) is 6.61 Å². The van der Waals surface area contributed by atoms with E-state index in [0.717, 1.165) is 24.1 Å². The molecule has 0 saturated heterocycles. The van der Waals surface area contributed by atoms with Gasteiger partial charge in [-0.2, -0.15) is 8.42 Å². The average Bonchev–Trinajstić information content (AvgIpc) is 3.13. The molecule has 1 aromatic carbocycles. The molecule has 7 atom stereocenters. The minimum atomic E-state index is -4.53. The zero-order chi connectivity index (χ0) is 27.7. The molecule has 205 valence electrons. The SMILES string of the molecule is C[C@]12C=CC(=O)C=C1CC[C@@H]1[C@@H]2[C@@H](O)C[C@@]2(C)[C@H]1CC[C@]2(O)C(=O)COC(=O)c1cccc(S(=O)(=O)O)c1.[Na]. The van der Waals surface area contributed by atoms with Gasteiger partial charge in [-0.3, -0.25) is 14.1 Å². The number of benzene rings is 1. The molecule has 0 unspecified atom stereocenters. The molecule has 5 rings (SSSR count). The third-order valence-electron chi connectivity index (χ3n) is 9.81. The second-order valence-corrected chi connectivity index (χ2v) is 13.0. The normalized spacial score (nSPS) is 37.1. The molecule has 0 spiro atoms. The van der Waals surface area contributed by atoms with Crippen LogP contribution in [0.15, 0.2) is 53.0 Å². The van der Waals surface area contributed by atoms with E-state index in [1.54, 1.807) is 12.2 Å². The zero-order valence-corrected chi connectivity index (χ0v) is 25.1. The van der Waals surface area contributed by atoms with Crippen LogP contribution in [-0.4, -0.2) is 88.6 Å². The number of hydrogen-bond acceptors (Lipinski definition) is 8. The van der Waals surface area contributed by atoms with E-state index >= 15 is 0 Å². The third-order valence-corrected chi connectivity index (χ3v) is 10.7. The average molecular weight is 568 g/mol. The van der Waals surface area contributed by atoms with Gasteiger partial charge in [0.05, 0.1) is 16.6 Å². The van der Waals surface area contributed by atoms with Crippen molar-refractivity contribution in [3.05, 3.63) is 53.6 Å². The fourth-order valence-electron chi connectivity index (χ4n) is 7.91. The van der Waals surface area contributed by atoms with Crippen molar-refractivity contribution in [1.82, 2.24) is 0 Å². The van der Waals surface area contributed by atoms with Crippen LogP contribution in [0, 0.1) is 28.6 Å². The third kappa shape index (κ3) is 4.81. The summed E-state index contributed by atoms with van der Waals surface area (Å²) in [7, 11) is -4.53. The standard InChI is InChI=1S/C28H32O9S.Na/c1-26-10-8-18(29)13-17(26)6-7-20-21-9-11-28(33,27(21,2)14-22(30)24(20)26)23(31)15-37-25(32)16-4-3-5-19(12-16)38(34,35)36;/h3-5,8,10,12-13,20-22,24,30,33H,6-7,9,11,14-15H2,1-2H3,(H,34,35,36);/t20-,21-,22-,24+,26-,27-,28-;/m0./s1. The van der Waals surface area contributed by atoms with E-state index in [1.807, 2.05) is 19.9 Å². The zero-order valence-electron chi connectivity index (χ0n) is 22.3. The van der Waals surface area contributed by atoms with Crippen molar-refractivity contribution in [3.8, 4) is 0 Å². The van der Waals surface area contributed by atoms with Crippen LogP contribution in [0.4, 0.5) is 0 Å². The summed E-state index contributed by atoms with van der Waals surface area (Å²) < 4.78 is 37.1. The van der Waals surface area contributed by atoms with Gasteiger partial charge < -0.3 is 14.9 Å². The van der Waals surface area contributed by atoms with Crippen LogP contribution in [0.25, 0.3) is 0 Å². The van der Waals surface area contributed by atoms with Crippen LogP contribution >= 0.6 is 0 Å². The van der Waals surface area contributed by atoms with Gasteiger partial charge in [-0.05, 0) is 74.3 Å². The van der Waals surface area contributed by atoms with Crippen molar-refractivity contribution in [3.63, 3.8) is 0 Å². The van der Waals surface area contributed by atoms with E-state index in [0.29, 0.717) is 12.8 Å². The van der Waals surface area contributed by atoms with Crippen LogP contribution in [0.5, 0.6) is 0 Å². The number of ether oxygens (including phenoxy) is 1. The first-order valence-corrected chi connectivity index (χ1v) is 14.3.